The van der Waals surface area contributed by atoms with Gasteiger partial charge in [0.2, 0.25) is 5.91 Å². The zero-order chi connectivity index (χ0) is 14.9. The van der Waals surface area contributed by atoms with E-state index in [1.807, 2.05) is 6.07 Å². The van der Waals surface area contributed by atoms with E-state index in [1.54, 1.807) is 0 Å². The van der Waals surface area contributed by atoms with Crippen LogP contribution in [-0.2, 0) is 4.79 Å². The Balaban J connectivity index is 1.74. The van der Waals surface area contributed by atoms with E-state index in [0.29, 0.717) is 24.3 Å². The van der Waals surface area contributed by atoms with Crippen molar-refractivity contribution in [3.05, 3.63) is 35.9 Å². The highest BCUT2D eigenvalue weighted by atomic mass is 16.2. The molecule has 0 aromatic heterocycles. The van der Waals surface area contributed by atoms with Gasteiger partial charge in [-0.15, -0.1) is 0 Å². The highest BCUT2D eigenvalue weighted by Crippen LogP contribution is 2.52. The maximum Gasteiger partial charge on any atom is 0.228 e. The van der Waals surface area contributed by atoms with Gasteiger partial charge < -0.3 is 10.6 Å². The van der Waals surface area contributed by atoms with Crippen molar-refractivity contribution >= 4 is 5.91 Å². The molecule has 2 atom stereocenters. The third-order valence-electron chi connectivity index (χ3n) is 5.29. The van der Waals surface area contributed by atoms with E-state index in [2.05, 4.69) is 36.1 Å². The molecule has 1 aromatic carbocycles. The molecule has 114 valence electrons. The van der Waals surface area contributed by atoms with Gasteiger partial charge in [0.25, 0.3) is 0 Å². The molecule has 3 rings (SSSR count). The van der Waals surface area contributed by atoms with Gasteiger partial charge in [-0.25, -0.2) is 0 Å². The van der Waals surface area contributed by atoms with Crippen LogP contribution >= 0.6 is 0 Å². The van der Waals surface area contributed by atoms with Crippen LogP contribution in [0, 0.1) is 11.3 Å². The van der Waals surface area contributed by atoms with Crippen LogP contribution in [0.1, 0.15) is 44.1 Å². The summed E-state index contributed by atoms with van der Waals surface area (Å²) in [5.74, 6) is 1.19. The minimum Gasteiger partial charge on any atom is -0.341 e. The molecule has 1 amide bonds. The molecule has 21 heavy (non-hydrogen) atoms. The van der Waals surface area contributed by atoms with Crippen LogP contribution in [-0.4, -0.2) is 30.4 Å². The zero-order valence-electron chi connectivity index (χ0n) is 12.9. The summed E-state index contributed by atoms with van der Waals surface area (Å²) in [6.07, 6.45) is 4.31. The van der Waals surface area contributed by atoms with Gasteiger partial charge in [-0.3, -0.25) is 4.79 Å². The minimum atomic E-state index is -0.0144. The SMILES string of the molecule is CCCC1(C(=O)N2C[C@@H](CN)[C@H](c3ccccc3)C2)CC1. The summed E-state index contributed by atoms with van der Waals surface area (Å²) in [4.78, 5) is 14.9. The maximum atomic E-state index is 12.8. The van der Waals surface area contributed by atoms with E-state index < -0.39 is 0 Å². The predicted octanol–water partition coefficient (Wildman–Crippen LogP) is 2.77. The van der Waals surface area contributed by atoms with Crippen molar-refractivity contribution in [2.24, 2.45) is 17.1 Å². The zero-order valence-corrected chi connectivity index (χ0v) is 12.9. The van der Waals surface area contributed by atoms with Gasteiger partial charge >= 0.3 is 0 Å². The van der Waals surface area contributed by atoms with Crippen molar-refractivity contribution in [1.82, 2.24) is 4.90 Å². The molecule has 2 fully saturated rings. The predicted molar refractivity (Wildman–Crippen MR) is 84.9 cm³/mol. The Hall–Kier alpha value is -1.35. The largest absolute Gasteiger partial charge is 0.341 e. The second kappa shape index (κ2) is 5.80. The minimum absolute atomic E-state index is 0.0144. The number of amides is 1. The summed E-state index contributed by atoms with van der Waals surface area (Å²) in [5.41, 5.74) is 7.28. The lowest BCUT2D eigenvalue weighted by Gasteiger charge is -2.23. The summed E-state index contributed by atoms with van der Waals surface area (Å²) in [6.45, 7) is 4.51. The summed E-state index contributed by atoms with van der Waals surface area (Å²) in [7, 11) is 0. The standard InChI is InChI=1S/C18H26N2O/c1-2-8-18(9-10-18)17(21)20-12-15(11-19)16(13-20)14-6-4-3-5-7-14/h3-7,15-16H,2,8-13,19H2,1H3/t15-,16+/m1/s1. The van der Waals surface area contributed by atoms with Crippen molar-refractivity contribution in [3.63, 3.8) is 0 Å². The fourth-order valence-electron chi connectivity index (χ4n) is 3.89. The normalized spacial score (nSPS) is 26.9. The molecule has 1 aromatic rings. The van der Waals surface area contributed by atoms with E-state index in [0.717, 1.165) is 38.8 Å². The molecule has 3 heteroatoms. The van der Waals surface area contributed by atoms with E-state index in [1.165, 1.54) is 5.56 Å². The summed E-state index contributed by atoms with van der Waals surface area (Å²) < 4.78 is 0. The Morgan fingerprint density at radius 2 is 2.00 bits per heavy atom. The second-order valence-corrected chi connectivity index (χ2v) is 6.75. The van der Waals surface area contributed by atoms with E-state index >= 15 is 0 Å². The van der Waals surface area contributed by atoms with Crippen molar-refractivity contribution < 1.29 is 4.79 Å². The molecule has 1 heterocycles. The molecule has 1 saturated carbocycles. The lowest BCUT2D eigenvalue weighted by Crippen LogP contribution is -2.36. The Bertz CT molecular complexity index is 495. The van der Waals surface area contributed by atoms with Crippen LogP contribution in [0.15, 0.2) is 30.3 Å². The third-order valence-corrected chi connectivity index (χ3v) is 5.29. The number of benzene rings is 1. The van der Waals surface area contributed by atoms with Crippen molar-refractivity contribution in [2.45, 2.75) is 38.5 Å². The van der Waals surface area contributed by atoms with Crippen LogP contribution in [0.3, 0.4) is 0 Å². The lowest BCUT2D eigenvalue weighted by molar-refractivity contribution is -0.136. The molecule has 0 unspecified atom stereocenters. The lowest BCUT2D eigenvalue weighted by atomic mass is 9.89. The average molecular weight is 286 g/mol. The van der Waals surface area contributed by atoms with Gasteiger partial charge in [-0.1, -0.05) is 43.7 Å². The van der Waals surface area contributed by atoms with Gasteiger partial charge in [-0.2, -0.15) is 0 Å². The van der Waals surface area contributed by atoms with Crippen LogP contribution in [0.2, 0.25) is 0 Å². The maximum absolute atomic E-state index is 12.8. The number of hydrogen-bond acceptors (Lipinski definition) is 2. The topological polar surface area (TPSA) is 46.3 Å². The first-order chi connectivity index (χ1) is 10.2. The Kier molecular flexibility index (Phi) is 4.03. The number of likely N-dealkylation sites (tertiary alicyclic amines) is 1. The van der Waals surface area contributed by atoms with Crippen molar-refractivity contribution in [1.29, 1.82) is 0 Å². The number of nitrogens with two attached hydrogens (primary N) is 1. The van der Waals surface area contributed by atoms with Crippen molar-refractivity contribution in [3.8, 4) is 0 Å². The fourth-order valence-corrected chi connectivity index (χ4v) is 3.89. The molecule has 1 aliphatic carbocycles. The molecular formula is C18H26N2O. The van der Waals surface area contributed by atoms with E-state index in [9.17, 15) is 4.79 Å². The van der Waals surface area contributed by atoms with Gasteiger partial charge in [-0.05, 0) is 37.3 Å². The molecule has 0 bridgehead atoms. The van der Waals surface area contributed by atoms with Crippen molar-refractivity contribution in [2.75, 3.05) is 19.6 Å². The first kappa shape index (κ1) is 14.6. The van der Waals surface area contributed by atoms with Crippen LogP contribution in [0.4, 0.5) is 0 Å². The summed E-state index contributed by atoms with van der Waals surface area (Å²) in [6, 6.07) is 10.5. The first-order valence-electron chi connectivity index (χ1n) is 8.24. The Morgan fingerprint density at radius 3 is 2.57 bits per heavy atom. The van der Waals surface area contributed by atoms with Gasteiger partial charge in [0.05, 0.1) is 0 Å². The highest BCUT2D eigenvalue weighted by Gasteiger charge is 2.52. The molecule has 2 aliphatic rings. The quantitative estimate of drug-likeness (QED) is 0.904. The van der Waals surface area contributed by atoms with Gasteiger partial charge in [0.15, 0.2) is 0 Å². The fraction of sp³-hybridized carbons (Fsp3) is 0.611. The number of rotatable bonds is 5. The number of carbonyl (C=O) groups excluding carboxylic acids is 1. The monoisotopic (exact) mass is 286 g/mol. The molecule has 1 saturated heterocycles. The summed E-state index contributed by atoms with van der Waals surface area (Å²) in [5, 5.41) is 0. The molecular weight excluding hydrogens is 260 g/mol. The van der Waals surface area contributed by atoms with Crippen LogP contribution in [0.5, 0.6) is 0 Å². The van der Waals surface area contributed by atoms with Gasteiger partial charge in [0, 0.05) is 24.4 Å². The third kappa shape index (κ3) is 2.71. The number of nitrogens with zero attached hydrogens (tertiary/aromatic N) is 1. The molecule has 0 radical (unpaired) electrons. The Morgan fingerprint density at radius 1 is 1.29 bits per heavy atom. The molecule has 1 aliphatic heterocycles. The smallest absolute Gasteiger partial charge is 0.228 e. The van der Waals surface area contributed by atoms with Gasteiger partial charge in [0.1, 0.15) is 0 Å². The van der Waals surface area contributed by atoms with Crippen LogP contribution in [0.25, 0.3) is 0 Å². The second-order valence-electron chi connectivity index (χ2n) is 6.75. The first-order valence-corrected chi connectivity index (χ1v) is 8.24. The number of carbonyl (C=O) groups is 1. The Labute approximate surface area is 127 Å². The summed E-state index contributed by atoms with van der Waals surface area (Å²) >= 11 is 0. The van der Waals surface area contributed by atoms with E-state index in [4.69, 9.17) is 5.73 Å². The molecule has 3 nitrogen and oxygen atoms in total. The average Bonchev–Trinajstić information content (AvgIpc) is 3.17. The van der Waals surface area contributed by atoms with E-state index in [-0.39, 0.29) is 5.41 Å². The molecule has 0 spiro atoms. The highest BCUT2D eigenvalue weighted by molar-refractivity contribution is 5.85. The molecule has 2 N–H and O–H groups in total. The van der Waals surface area contributed by atoms with Crippen LogP contribution < -0.4 is 5.73 Å². The number of hydrogen-bond donors (Lipinski definition) is 1.